The summed E-state index contributed by atoms with van der Waals surface area (Å²) < 4.78 is 0. The zero-order valence-corrected chi connectivity index (χ0v) is 14.7. The van der Waals surface area contributed by atoms with Crippen LogP contribution in [0.3, 0.4) is 0 Å². The lowest BCUT2D eigenvalue weighted by Gasteiger charge is -2.22. The van der Waals surface area contributed by atoms with E-state index in [4.69, 9.17) is 11.6 Å². The molecular weight excluding hydrogens is 344 g/mol. The molecule has 0 radical (unpaired) electrons. The maximum Gasteiger partial charge on any atom is 0.244 e. The Morgan fingerprint density at radius 1 is 1.25 bits per heavy atom. The first-order valence-corrected chi connectivity index (χ1v) is 8.90. The number of halogens is 1. The van der Waals surface area contributed by atoms with Gasteiger partial charge in [0.25, 0.3) is 0 Å². The summed E-state index contributed by atoms with van der Waals surface area (Å²) in [5.74, 6) is -0.272. The van der Waals surface area contributed by atoms with Gasteiger partial charge < -0.3 is 10.2 Å². The molecular formula is C18H17ClN2O2S. The molecule has 6 heteroatoms. The number of hydrogen-bond donors (Lipinski definition) is 1. The molecule has 0 aliphatic carbocycles. The van der Waals surface area contributed by atoms with Gasteiger partial charge in [-0.15, -0.1) is 11.8 Å². The Labute approximate surface area is 150 Å². The lowest BCUT2D eigenvalue weighted by Crippen LogP contribution is -2.38. The number of fused-ring (bicyclic) bond motifs is 1. The van der Waals surface area contributed by atoms with Crippen LogP contribution in [-0.2, 0) is 9.59 Å². The van der Waals surface area contributed by atoms with Crippen molar-refractivity contribution in [2.45, 2.75) is 23.5 Å². The van der Waals surface area contributed by atoms with Gasteiger partial charge in [-0.3, -0.25) is 9.59 Å². The number of rotatable bonds is 3. The van der Waals surface area contributed by atoms with E-state index in [1.54, 1.807) is 40.9 Å². The van der Waals surface area contributed by atoms with E-state index in [1.165, 1.54) is 0 Å². The van der Waals surface area contributed by atoms with Gasteiger partial charge in [0.15, 0.2) is 0 Å². The normalized spacial score (nSPS) is 17.2. The maximum atomic E-state index is 12.5. The van der Waals surface area contributed by atoms with Crippen molar-refractivity contribution in [1.82, 2.24) is 0 Å². The van der Waals surface area contributed by atoms with E-state index >= 15 is 0 Å². The monoisotopic (exact) mass is 360 g/mol. The number of nitrogens with zero attached hydrogens (tertiary/aromatic N) is 1. The largest absolute Gasteiger partial charge is 0.325 e. The molecule has 4 nitrogen and oxygen atoms in total. The van der Waals surface area contributed by atoms with Gasteiger partial charge in [-0.25, -0.2) is 0 Å². The average molecular weight is 361 g/mol. The minimum Gasteiger partial charge on any atom is -0.325 e. The summed E-state index contributed by atoms with van der Waals surface area (Å²) in [6.45, 7) is 2.02. The maximum absolute atomic E-state index is 12.5. The van der Waals surface area contributed by atoms with Crippen LogP contribution in [0.5, 0.6) is 0 Å². The molecule has 24 heavy (non-hydrogen) atoms. The summed E-state index contributed by atoms with van der Waals surface area (Å²) in [4.78, 5) is 27.5. The van der Waals surface area contributed by atoms with E-state index < -0.39 is 0 Å². The number of para-hydroxylation sites is 1. The fraction of sp³-hybridized carbons (Fsp3) is 0.222. The second-order valence-electron chi connectivity index (χ2n) is 5.64. The van der Waals surface area contributed by atoms with Crippen molar-refractivity contribution in [2.75, 3.05) is 16.8 Å². The molecule has 1 aliphatic rings. The number of amides is 2. The van der Waals surface area contributed by atoms with Crippen molar-refractivity contribution in [3.63, 3.8) is 0 Å². The van der Waals surface area contributed by atoms with Crippen molar-refractivity contribution in [1.29, 1.82) is 0 Å². The highest BCUT2D eigenvalue weighted by molar-refractivity contribution is 8.00. The van der Waals surface area contributed by atoms with Gasteiger partial charge in [0.2, 0.25) is 11.8 Å². The van der Waals surface area contributed by atoms with Gasteiger partial charge in [0.1, 0.15) is 6.54 Å². The first-order valence-electron chi connectivity index (χ1n) is 7.64. The molecule has 0 saturated heterocycles. The fourth-order valence-electron chi connectivity index (χ4n) is 2.58. The molecule has 3 rings (SSSR count). The van der Waals surface area contributed by atoms with Crippen molar-refractivity contribution in [3.8, 4) is 0 Å². The Hall–Kier alpha value is -1.98. The van der Waals surface area contributed by atoms with Crippen LogP contribution in [0.25, 0.3) is 0 Å². The second kappa shape index (κ2) is 7.28. The molecule has 2 amide bonds. The van der Waals surface area contributed by atoms with Crippen LogP contribution in [0.2, 0.25) is 5.02 Å². The van der Waals surface area contributed by atoms with Gasteiger partial charge in [-0.2, -0.15) is 0 Å². The van der Waals surface area contributed by atoms with Crippen LogP contribution in [0.1, 0.15) is 13.3 Å². The lowest BCUT2D eigenvalue weighted by molar-refractivity contribution is -0.121. The molecule has 0 bridgehead atoms. The van der Waals surface area contributed by atoms with Gasteiger partial charge in [-0.1, -0.05) is 30.7 Å². The van der Waals surface area contributed by atoms with E-state index in [0.717, 1.165) is 10.6 Å². The molecule has 0 aromatic heterocycles. The van der Waals surface area contributed by atoms with Crippen LogP contribution in [0, 0.1) is 0 Å². The number of hydrogen-bond acceptors (Lipinski definition) is 3. The number of carbonyl (C=O) groups is 2. The van der Waals surface area contributed by atoms with E-state index in [2.05, 4.69) is 5.32 Å². The molecule has 1 atom stereocenters. The third-order valence-electron chi connectivity index (χ3n) is 3.68. The number of carbonyl (C=O) groups excluding carboxylic acids is 2. The van der Waals surface area contributed by atoms with Gasteiger partial charge >= 0.3 is 0 Å². The Kier molecular flexibility index (Phi) is 5.11. The minimum atomic E-state index is -0.236. The summed E-state index contributed by atoms with van der Waals surface area (Å²) in [6.07, 6.45) is 0.410. The molecule has 124 valence electrons. The second-order valence-corrected chi connectivity index (χ2v) is 7.55. The zero-order chi connectivity index (χ0) is 17.1. The molecule has 2 aromatic carbocycles. The lowest BCUT2D eigenvalue weighted by atomic mass is 10.2. The van der Waals surface area contributed by atoms with E-state index in [0.29, 0.717) is 17.1 Å². The van der Waals surface area contributed by atoms with Crippen molar-refractivity contribution < 1.29 is 9.59 Å². The van der Waals surface area contributed by atoms with Crippen molar-refractivity contribution in [2.24, 2.45) is 0 Å². The average Bonchev–Trinajstić information content (AvgIpc) is 2.66. The number of nitrogens with one attached hydrogen (secondary N) is 1. The van der Waals surface area contributed by atoms with Gasteiger partial charge in [0, 0.05) is 27.3 Å². The van der Waals surface area contributed by atoms with Crippen LogP contribution in [-0.4, -0.2) is 23.6 Å². The number of anilines is 2. The van der Waals surface area contributed by atoms with Crippen LogP contribution < -0.4 is 10.2 Å². The highest BCUT2D eigenvalue weighted by Gasteiger charge is 2.27. The van der Waals surface area contributed by atoms with E-state index in [-0.39, 0.29) is 23.6 Å². The first-order chi connectivity index (χ1) is 11.5. The van der Waals surface area contributed by atoms with Crippen LogP contribution >= 0.6 is 23.4 Å². The predicted molar refractivity (Wildman–Crippen MR) is 98.8 cm³/mol. The Morgan fingerprint density at radius 2 is 1.96 bits per heavy atom. The molecule has 0 unspecified atom stereocenters. The Balaban J connectivity index is 1.78. The summed E-state index contributed by atoms with van der Waals surface area (Å²) in [7, 11) is 0. The summed E-state index contributed by atoms with van der Waals surface area (Å²) in [5, 5.41) is 3.59. The predicted octanol–water partition coefficient (Wildman–Crippen LogP) is 4.20. The zero-order valence-electron chi connectivity index (χ0n) is 13.2. The number of benzene rings is 2. The molecule has 1 aliphatic heterocycles. The number of thioether (sulfide) groups is 1. The van der Waals surface area contributed by atoms with E-state index in [1.807, 2.05) is 31.2 Å². The van der Waals surface area contributed by atoms with Crippen LogP contribution in [0.15, 0.2) is 53.4 Å². The van der Waals surface area contributed by atoms with Gasteiger partial charge in [0.05, 0.1) is 5.69 Å². The van der Waals surface area contributed by atoms with E-state index in [9.17, 15) is 9.59 Å². The molecule has 1 N–H and O–H groups in total. The summed E-state index contributed by atoms with van der Waals surface area (Å²) >= 11 is 7.51. The standard InChI is InChI=1S/C18H17ClN2O2S/c1-12-10-18(23)21(15-4-2-3-5-16(15)24-12)11-17(22)20-14-8-6-13(19)7-9-14/h2-9,12H,10-11H2,1H3,(H,20,22)/t12-/m1/s1. The molecule has 0 saturated carbocycles. The highest BCUT2D eigenvalue weighted by Crippen LogP contribution is 2.37. The Morgan fingerprint density at radius 3 is 2.71 bits per heavy atom. The smallest absolute Gasteiger partial charge is 0.244 e. The molecule has 1 heterocycles. The topological polar surface area (TPSA) is 49.4 Å². The molecule has 0 fully saturated rings. The third-order valence-corrected chi connectivity index (χ3v) is 5.10. The van der Waals surface area contributed by atoms with Crippen molar-refractivity contribution >= 4 is 46.6 Å². The SMILES string of the molecule is C[C@@H]1CC(=O)N(CC(=O)Nc2ccc(Cl)cc2)c2ccccc2S1. The van der Waals surface area contributed by atoms with Gasteiger partial charge in [-0.05, 0) is 36.4 Å². The van der Waals surface area contributed by atoms with Crippen LogP contribution in [0.4, 0.5) is 11.4 Å². The first kappa shape index (κ1) is 16.9. The quantitative estimate of drug-likeness (QED) is 0.892. The fourth-order valence-corrected chi connectivity index (χ4v) is 3.82. The summed E-state index contributed by atoms with van der Waals surface area (Å²) in [6, 6.07) is 14.6. The molecule has 0 spiro atoms. The van der Waals surface area contributed by atoms with Crippen molar-refractivity contribution in [3.05, 3.63) is 53.6 Å². The summed E-state index contributed by atoms with van der Waals surface area (Å²) in [5.41, 5.74) is 1.45. The highest BCUT2D eigenvalue weighted by atomic mass is 35.5. The third kappa shape index (κ3) is 3.91. The minimum absolute atomic E-state index is 0.00818. The molecule has 2 aromatic rings. The Bertz CT molecular complexity index is 764.